The normalized spacial score (nSPS) is 17.8. The van der Waals surface area contributed by atoms with Gasteiger partial charge in [0.2, 0.25) is 0 Å². The van der Waals surface area contributed by atoms with Crippen molar-refractivity contribution in [3.8, 4) is 11.4 Å². The first-order valence-electron chi connectivity index (χ1n) is 9.16. The standard InChI is InChI=1S/C20H20F3N5S/c1-14-11-28(16-2-4-17(5-3-16)29-20(21,22)23)13-27(14)12-15-6-7-24-10-18(15)19-25-8-9-26-19/h2-10,14H,11-13H2,1H3,(H,25,26). The van der Waals surface area contributed by atoms with Gasteiger partial charge in [0.15, 0.2) is 0 Å². The Bertz CT molecular complexity index is 944. The third-order valence-corrected chi connectivity index (χ3v) is 5.67. The maximum Gasteiger partial charge on any atom is 0.446 e. The van der Waals surface area contributed by atoms with Crippen LogP contribution >= 0.6 is 11.8 Å². The number of pyridine rings is 1. The minimum atomic E-state index is -4.27. The zero-order valence-corrected chi connectivity index (χ0v) is 16.5. The van der Waals surface area contributed by atoms with E-state index in [0.717, 1.165) is 35.7 Å². The SMILES string of the molecule is CC1CN(c2ccc(SC(F)(F)F)cc2)CN1Cc1ccncc1-c1ncc[nH]1. The molecule has 0 aliphatic carbocycles. The number of aromatic amines is 1. The summed E-state index contributed by atoms with van der Waals surface area (Å²) in [5.41, 5.74) is -1.25. The summed E-state index contributed by atoms with van der Waals surface area (Å²) in [7, 11) is 0. The average Bonchev–Trinajstić information content (AvgIpc) is 3.32. The molecule has 5 nitrogen and oxygen atoms in total. The number of nitrogens with one attached hydrogen (secondary N) is 1. The monoisotopic (exact) mass is 419 g/mol. The Morgan fingerprint density at radius 1 is 1.17 bits per heavy atom. The van der Waals surface area contributed by atoms with Gasteiger partial charge in [-0.2, -0.15) is 13.2 Å². The fraction of sp³-hybridized carbons (Fsp3) is 0.300. The maximum absolute atomic E-state index is 12.5. The minimum absolute atomic E-state index is 0.0886. The molecule has 1 N–H and O–H groups in total. The number of anilines is 1. The number of alkyl halides is 3. The highest BCUT2D eigenvalue weighted by atomic mass is 32.2. The molecule has 1 unspecified atom stereocenters. The Kier molecular flexibility index (Phi) is 5.51. The highest BCUT2D eigenvalue weighted by Gasteiger charge is 2.30. The summed E-state index contributed by atoms with van der Waals surface area (Å²) in [6, 6.07) is 8.86. The summed E-state index contributed by atoms with van der Waals surface area (Å²) in [5, 5.41) is 0. The molecule has 1 fully saturated rings. The molecule has 1 aliphatic rings. The molecule has 0 radical (unpaired) electrons. The van der Waals surface area contributed by atoms with Crippen LogP contribution in [0.1, 0.15) is 12.5 Å². The third-order valence-electron chi connectivity index (χ3n) is 4.93. The van der Waals surface area contributed by atoms with Crippen LogP contribution in [-0.4, -0.2) is 44.6 Å². The molecule has 3 aromatic rings. The van der Waals surface area contributed by atoms with Crippen LogP contribution in [0.2, 0.25) is 0 Å². The largest absolute Gasteiger partial charge is 0.446 e. The van der Waals surface area contributed by atoms with Gasteiger partial charge in [-0.05, 0) is 54.6 Å². The molecule has 3 heterocycles. The van der Waals surface area contributed by atoms with Gasteiger partial charge in [-0.25, -0.2) is 4.98 Å². The van der Waals surface area contributed by atoms with Gasteiger partial charge in [-0.3, -0.25) is 9.88 Å². The van der Waals surface area contributed by atoms with Crippen LogP contribution in [0.5, 0.6) is 0 Å². The van der Waals surface area contributed by atoms with Gasteiger partial charge in [0, 0.05) is 60.1 Å². The molecule has 29 heavy (non-hydrogen) atoms. The Morgan fingerprint density at radius 2 is 1.97 bits per heavy atom. The van der Waals surface area contributed by atoms with Gasteiger partial charge in [0.1, 0.15) is 5.82 Å². The fourth-order valence-electron chi connectivity index (χ4n) is 3.51. The molecule has 2 aromatic heterocycles. The number of nitrogens with zero attached hydrogens (tertiary/aromatic N) is 4. The molecule has 9 heteroatoms. The molecular weight excluding hydrogens is 399 g/mol. The lowest BCUT2D eigenvalue weighted by atomic mass is 10.1. The summed E-state index contributed by atoms with van der Waals surface area (Å²) in [5.74, 6) is 0.787. The van der Waals surface area contributed by atoms with Gasteiger partial charge < -0.3 is 9.88 Å². The van der Waals surface area contributed by atoms with E-state index in [1.54, 1.807) is 30.7 Å². The molecule has 0 amide bonds. The van der Waals surface area contributed by atoms with E-state index in [4.69, 9.17) is 0 Å². The Labute approximate surface area is 171 Å². The Balaban J connectivity index is 1.46. The topological polar surface area (TPSA) is 48.1 Å². The van der Waals surface area contributed by atoms with Crippen LogP contribution in [0.15, 0.2) is 60.0 Å². The van der Waals surface area contributed by atoms with Crippen LogP contribution in [0, 0.1) is 0 Å². The highest BCUT2D eigenvalue weighted by Crippen LogP contribution is 2.37. The van der Waals surface area contributed by atoms with Gasteiger partial charge in [0.25, 0.3) is 0 Å². The number of thioether (sulfide) groups is 1. The lowest BCUT2D eigenvalue weighted by Gasteiger charge is -2.22. The first kappa shape index (κ1) is 19.8. The summed E-state index contributed by atoms with van der Waals surface area (Å²) in [6.45, 7) is 4.40. The predicted octanol–water partition coefficient (Wildman–Crippen LogP) is 4.75. The molecule has 1 saturated heterocycles. The summed E-state index contributed by atoms with van der Waals surface area (Å²) in [4.78, 5) is 16.4. The second kappa shape index (κ2) is 8.08. The quantitative estimate of drug-likeness (QED) is 0.605. The summed E-state index contributed by atoms with van der Waals surface area (Å²) < 4.78 is 37.6. The van der Waals surface area contributed by atoms with Crippen molar-refractivity contribution < 1.29 is 13.2 Å². The fourth-order valence-corrected chi connectivity index (χ4v) is 4.05. The zero-order chi connectivity index (χ0) is 20.4. The van der Waals surface area contributed by atoms with Crippen molar-refractivity contribution in [1.82, 2.24) is 19.9 Å². The van der Waals surface area contributed by atoms with E-state index in [9.17, 15) is 13.2 Å². The van der Waals surface area contributed by atoms with E-state index < -0.39 is 5.51 Å². The van der Waals surface area contributed by atoms with E-state index in [2.05, 4.69) is 31.7 Å². The number of benzene rings is 1. The van der Waals surface area contributed by atoms with Crippen molar-refractivity contribution in [2.45, 2.75) is 29.9 Å². The lowest BCUT2D eigenvalue weighted by molar-refractivity contribution is -0.0328. The Morgan fingerprint density at radius 3 is 2.66 bits per heavy atom. The maximum atomic E-state index is 12.5. The first-order valence-corrected chi connectivity index (χ1v) is 9.98. The molecular formula is C20H20F3N5S. The number of halogens is 3. The number of imidazole rings is 1. The molecule has 0 saturated carbocycles. The number of hydrogen-bond donors (Lipinski definition) is 1. The summed E-state index contributed by atoms with van der Waals surface area (Å²) >= 11 is -0.0886. The van der Waals surface area contributed by atoms with E-state index in [1.807, 2.05) is 12.3 Å². The van der Waals surface area contributed by atoms with Gasteiger partial charge in [-0.1, -0.05) is 0 Å². The van der Waals surface area contributed by atoms with Crippen molar-refractivity contribution in [1.29, 1.82) is 0 Å². The van der Waals surface area contributed by atoms with E-state index >= 15 is 0 Å². The van der Waals surface area contributed by atoms with Gasteiger partial charge in [-0.15, -0.1) is 0 Å². The smallest absolute Gasteiger partial charge is 0.357 e. The van der Waals surface area contributed by atoms with Crippen molar-refractivity contribution >= 4 is 17.4 Å². The second-order valence-corrected chi connectivity index (χ2v) is 8.11. The highest BCUT2D eigenvalue weighted by molar-refractivity contribution is 8.00. The van der Waals surface area contributed by atoms with Crippen molar-refractivity contribution in [3.63, 3.8) is 0 Å². The van der Waals surface area contributed by atoms with Crippen LogP contribution in [0.4, 0.5) is 18.9 Å². The second-order valence-electron chi connectivity index (χ2n) is 6.97. The molecule has 4 rings (SSSR count). The molecule has 1 aliphatic heterocycles. The average molecular weight is 419 g/mol. The molecule has 0 spiro atoms. The number of hydrogen-bond acceptors (Lipinski definition) is 5. The van der Waals surface area contributed by atoms with Crippen LogP contribution in [0.3, 0.4) is 0 Å². The van der Waals surface area contributed by atoms with E-state index in [0.29, 0.717) is 12.7 Å². The molecule has 152 valence electrons. The number of rotatable bonds is 5. The van der Waals surface area contributed by atoms with Crippen LogP contribution in [-0.2, 0) is 6.54 Å². The number of aromatic nitrogens is 3. The van der Waals surface area contributed by atoms with Crippen molar-refractivity contribution in [2.75, 3.05) is 18.1 Å². The molecule has 0 bridgehead atoms. The molecule has 1 aromatic carbocycles. The van der Waals surface area contributed by atoms with Crippen LogP contribution in [0.25, 0.3) is 11.4 Å². The van der Waals surface area contributed by atoms with Gasteiger partial charge >= 0.3 is 5.51 Å². The molecule has 1 atom stereocenters. The lowest BCUT2D eigenvalue weighted by Crippen LogP contribution is -2.28. The number of H-pyrrole nitrogens is 1. The Hall–Kier alpha value is -2.52. The predicted molar refractivity (Wildman–Crippen MR) is 107 cm³/mol. The van der Waals surface area contributed by atoms with E-state index in [1.165, 1.54) is 12.1 Å². The van der Waals surface area contributed by atoms with Crippen LogP contribution < -0.4 is 4.90 Å². The van der Waals surface area contributed by atoms with Crippen molar-refractivity contribution in [2.24, 2.45) is 0 Å². The third kappa shape index (κ3) is 4.73. The first-order chi connectivity index (χ1) is 13.9. The van der Waals surface area contributed by atoms with Crippen molar-refractivity contribution in [3.05, 3.63) is 60.7 Å². The summed E-state index contributed by atoms with van der Waals surface area (Å²) in [6.07, 6.45) is 7.08. The van der Waals surface area contributed by atoms with Gasteiger partial charge in [0.05, 0.1) is 6.67 Å². The van der Waals surface area contributed by atoms with E-state index in [-0.39, 0.29) is 16.7 Å². The zero-order valence-electron chi connectivity index (χ0n) is 15.7. The minimum Gasteiger partial charge on any atom is -0.357 e.